The number of piperidine rings is 1. The molecule has 6 nitrogen and oxygen atoms in total. The standard InChI is InChI=1S/C22H27Cl2N3O3S/c1-22(2,3)30-21(29)26(4)12-14-7-9-27(10-8-14)20(28)18-13-31-19(25-18)15-5-6-16(23)17(24)11-15/h5-6,11,13-14H,7-10,12H2,1-4H3. The van der Waals surface area contributed by atoms with Crippen molar-refractivity contribution in [1.29, 1.82) is 0 Å². The number of carbonyl (C=O) groups excluding carboxylic acids is 2. The summed E-state index contributed by atoms with van der Waals surface area (Å²) in [5, 5.41) is 3.46. The largest absolute Gasteiger partial charge is 0.444 e. The molecule has 0 aliphatic carbocycles. The van der Waals surface area contributed by atoms with Gasteiger partial charge in [0, 0.05) is 37.6 Å². The van der Waals surface area contributed by atoms with Crippen LogP contribution >= 0.6 is 34.5 Å². The van der Waals surface area contributed by atoms with Crippen LogP contribution in [0.1, 0.15) is 44.1 Å². The van der Waals surface area contributed by atoms with Crippen molar-refractivity contribution in [3.63, 3.8) is 0 Å². The van der Waals surface area contributed by atoms with Crippen molar-refractivity contribution < 1.29 is 14.3 Å². The first-order chi connectivity index (χ1) is 14.5. The molecule has 0 atom stereocenters. The summed E-state index contributed by atoms with van der Waals surface area (Å²) in [6, 6.07) is 5.32. The van der Waals surface area contributed by atoms with Crippen molar-refractivity contribution in [1.82, 2.24) is 14.8 Å². The van der Waals surface area contributed by atoms with Gasteiger partial charge in [0.25, 0.3) is 5.91 Å². The third kappa shape index (κ3) is 6.34. The Balaban J connectivity index is 1.54. The molecule has 31 heavy (non-hydrogen) atoms. The Morgan fingerprint density at radius 3 is 2.52 bits per heavy atom. The normalized spacial score (nSPS) is 15.1. The van der Waals surface area contributed by atoms with Crippen LogP contribution in [0.15, 0.2) is 23.6 Å². The number of halogens is 2. The van der Waals surface area contributed by atoms with Crippen LogP contribution < -0.4 is 0 Å². The van der Waals surface area contributed by atoms with Crippen LogP contribution in [0, 0.1) is 5.92 Å². The maximum atomic E-state index is 12.9. The second kappa shape index (κ2) is 9.76. The predicted molar refractivity (Wildman–Crippen MR) is 125 cm³/mol. The van der Waals surface area contributed by atoms with Crippen LogP contribution in [0.2, 0.25) is 10.0 Å². The molecule has 1 aromatic carbocycles. The van der Waals surface area contributed by atoms with E-state index in [4.69, 9.17) is 27.9 Å². The molecule has 3 rings (SSSR count). The maximum absolute atomic E-state index is 12.9. The first-order valence-electron chi connectivity index (χ1n) is 10.2. The van der Waals surface area contributed by atoms with Gasteiger partial charge in [0.15, 0.2) is 0 Å². The lowest BCUT2D eigenvalue weighted by Crippen LogP contribution is -2.43. The number of aromatic nitrogens is 1. The van der Waals surface area contributed by atoms with E-state index < -0.39 is 5.60 Å². The van der Waals surface area contributed by atoms with Crippen molar-refractivity contribution in [2.75, 3.05) is 26.7 Å². The lowest BCUT2D eigenvalue weighted by Gasteiger charge is -2.34. The van der Waals surface area contributed by atoms with Crippen LogP contribution in [0.3, 0.4) is 0 Å². The molecule has 168 valence electrons. The van der Waals surface area contributed by atoms with Crippen molar-refractivity contribution in [3.05, 3.63) is 39.3 Å². The summed E-state index contributed by atoms with van der Waals surface area (Å²) in [7, 11) is 1.76. The Hall–Kier alpha value is -1.83. The highest BCUT2D eigenvalue weighted by molar-refractivity contribution is 7.13. The molecule has 0 saturated carbocycles. The Morgan fingerprint density at radius 2 is 1.90 bits per heavy atom. The first-order valence-corrected chi connectivity index (χ1v) is 11.8. The van der Waals surface area contributed by atoms with Gasteiger partial charge >= 0.3 is 6.09 Å². The van der Waals surface area contributed by atoms with Gasteiger partial charge in [-0.1, -0.05) is 29.3 Å². The molecular formula is C22H27Cl2N3O3S. The van der Waals surface area contributed by atoms with Crippen molar-refractivity contribution >= 4 is 46.5 Å². The summed E-state index contributed by atoms with van der Waals surface area (Å²) in [6.45, 7) is 7.47. The van der Waals surface area contributed by atoms with Crippen LogP contribution in [-0.4, -0.2) is 59.1 Å². The molecule has 0 unspecified atom stereocenters. The van der Waals surface area contributed by atoms with Crippen LogP contribution in [0.25, 0.3) is 10.6 Å². The van der Waals surface area contributed by atoms with Gasteiger partial charge in [-0.05, 0) is 51.7 Å². The minimum Gasteiger partial charge on any atom is -0.444 e. The number of likely N-dealkylation sites (tertiary alicyclic amines) is 1. The third-order valence-corrected chi connectivity index (χ3v) is 6.66. The van der Waals surface area contributed by atoms with E-state index in [0.29, 0.717) is 41.3 Å². The van der Waals surface area contributed by atoms with E-state index in [0.717, 1.165) is 23.4 Å². The molecule has 0 radical (unpaired) electrons. The number of nitrogens with zero attached hydrogens (tertiary/aromatic N) is 3. The number of amides is 2. The molecule has 0 spiro atoms. The Kier molecular flexibility index (Phi) is 7.50. The summed E-state index contributed by atoms with van der Waals surface area (Å²) >= 11 is 13.5. The molecule has 1 fully saturated rings. The van der Waals surface area contributed by atoms with E-state index in [-0.39, 0.29) is 12.0 Å². The summed E-state index contributed by atoms with van der Waals surface area (Å²) in [6.07, 6.45) is 1.36. The number of benzene rings is 1. The SMILES string of the molecule is CN(CC1CCN(C(=O)c2csc(-c3ccc(Cl)c(Cl)c3)n2)CC1)C(=O)OC(C)(C)C. The van der Waals surface area contributed by atoms with E-state index >= 15 is 0 Å². The molecule has 0 bridgehead atoms. The first kappa shape index (κ1) is 23.8. The molecule has 1 aliphatic heterocycles. The fourth-order valence-electron chi connectivity index (χ4n) is 3.42. The lowest BCUT2D eigenvalue weighted by atomic mass is 9.96. The molecule has 1 aliphatic rings. The van der Waals surface area contributed by atoms with Gasteiger partial charge in [-0.2, -0.15) is 0 Å². The smallest absolute Gasteiger partial charge is 0.410 e. The zero-order valence-electron chi connectivity index (χ0n) is 18.2. The highest BCUT2D eigenvalue weighted by Gasteiger charge is 2.28. The summed E-state index contributed by atoms with van der Waals surface area (Å²) in [5.41, 5.74) is 0.767. The number of hydrogen-bond acceptors (Lipinski definition) is 5. The third-order valence-electron chi connectivity index (χ3n) is 5.03. The minimum atomic E-state index is -0.509. The van der Waals surface area contributed by atoms with E-state index in [1.165, 1.54) is 11.3 Å². The van der Waals surface area contributed by atoms with Gasteiger partial charge in [0.2, 0.25) is 0 Å². The fourth-order valence-corrected chi connectivity index (χ4v) is 4.51. The number of carbonyl (C=O) groups is 2. The zero-order valence-corrected chi connectivity index (χ0v) is 20.5. The molecule has 2 aromatic rings. The maximum Gasteiger partial charge on any atom is 0.410 e. The molecule has 2 amide bonds. The quantitative estimate of drug-likeness (QED) is 0.547. The average Bonchev–Trinajstić information content (AvgIpc) is 3.19. The van der Waals surface area contributed by atoms with Crippen molar-refractivity contribution in [2.24, 2.45) is 5.92 Å². The number of ether oxygens (including phenoxy) is 1. The second-order valence-electron chi connectivity index (χ2n) is 8.76. The van der Waals surface area contributed by atoms with Gasteiger partial charge in [-0.15, -0.1) is 11.3 Å². The molecule has 1 aromatic heterocycles. The van der Waals surface area contributed by atoms with Gasteiger partial charge < -0.3 is 14.5 Å². The summed E-state index contributed by atoms with van der Waals surface area (Å²) in [4.78, 5) is 33.0. The molecule has 0 N–H and O–H groups in total. The monoisotopic (exact) mass is 483 g/mol. The Morgan fingerprint density at radius 1 is 1.23 bits per heavy atom. The fraction of sp³-hybridized carbons (Fsp3) is 0.500. The molecule has 1 saturated heterocycles. The van der Waals surface area contributed by atoms with E-state index in [1.54, 1.807) is 29.5 Å². The lowest BCUT2D eigenvalue weighted by molar-refractivity contribution is 0.0246. The van der Waals surface area contributed by atoms with E-state index in [9.17, 15) is 9.59 Å². The molecular weight excluding hydrogens is 457 g/mol. The van der Waals surface area contributed by atoms with Gasteiger partial charge in [-0.3, -0.25) is 4.79 Å². The Labute approximate surface area is 197 Å². The molecule has 9 heteroatoms. The summed E-state index contributed by atoms with van der Waals surface area (Å²) < 4.78 is 5.41. The van der Waals surface area contributed by atoms with E-state index in [2.05, 4.69) is 4.98 Å². The number of rotatable bonds is 4. The topological polar surface area (TPSA) is 62.7 Å². The molecule has 2 heterocycles. The van der Waals surface area contributed by atoms with E-state index in [1.807, 2.05) is 31.7 Å². The van der Waals surface area contributed by atoms with Gasteiger partial charge in [-0.25, -0.2) is 9.78 Å². The average molecular weight is 484 g/mol. The second-order valence-corrected chi connectivity index (χ2v) is 10.4. The van der Waals surface area contributed by atoms with Crippen LogP contribution in [0.4, 0.5) is 4.79 Å². The predicted octanol–water partition coefficient (Wildman–Crippen LogP) is 5.84. The number of hydrogen-bond donors (Lipinski definition) is 0. The highest BCUT2D eigenvalue weighted by Crippen LogP contribution is 2.31. The van der Waals surface area contributed by atoms with Crippen molar-refractivity contribution in [2.45, 2.75) is 39.2 Å². The van der Waals surface area contributed by atoms with Crippen molar-refractivity contribution in [3.8, 4) is 10.6 Å². The number of thiazole rings is 1. The highest BCUT2D eigenvalue weighted by atomic mass is 35.5. The minimum absolute atomic E-state index is 0.0680. The van der Waals surface area contributed by atoms with Crippen LogP contribution in [-0.2, 0) is 4.74 Å². The summed E-state index contributed by atoms with van der Waals surface area (Å²) in [5.74, 6) is 0.269. The Bertz CT molecular complexity index is 950. The van der Waals surface area contributed by atoms with Gasteiger partial charge in [0.1, 0.15) is 16.3 Å². The van der Waals surface area contributed by atoms with Gasteiger partial charge in [0.05, 0.1) is 10.0 Å². The zero-order chi connectivity index (χ0) is 22.8. The van der Waals surface area contributed by atoms with Crippen LogP contribution in [0.5, 0.6) is 0 Å².